The molecule has 33 heavy (non-hydrogen) atoms. The molecule has 5 nitrogen and oxygen atoms in total. The number of nitrogens with zero attached hydrogens (tertiary/aromatic N) is 3. The van der Waals surface area contributed by atoms with Gasteiger partial charge in [-0.25, -0.2) is 4.98 Å². The van der Waals surface area contributed by atoms with Gasteiger partial charge in [0.2, 0.25) is 4.77 Å². The number of aromatic nitrogens is 3. The minimum absolute atomic E-state index is 0.354. The Morgan fingerprint density at radius 3 is 2.21 bits per heavy atom. The zero-order valence-corrected chi connectivity index (χ0v) is 20.1. The van der Waals surface area contributed by atoms with Gasteiger partial charge in [0.25, 0.3) is 0 Å². The number of benzene rings is 3. The average molecular weight is 515 g/mol. The van der Waals surface area contributed by atoms with E-state index in [2.05, 4.69) is 20.9 Å². The van der Waals surface area contributed by atoms with Crippen LogP contribution in [0.5, 0.6) is 5.75 Å². The van der Waals surface area contributed by atoms with E-state index in [0.29, 0.717) is 16.2 Å². The Hall–Kier alpha value is -3.55. The Balaban J connectivity index is 1.84. The minimum Gasteiger partial charge on any atom is -0.497 e. The van der Waals surface area contributed by atoms with Gasteiger partial charge in [-0.1, -0.05) is 58.4 Å². The van der Waals surface area contributed by atoms with Gasteiger partial charge in [0.1, 0.15) is 11.6 Å². The molecule has 162 valence electrons. The predicted octanol–water partition coefficient (Wildman–Crippen LogP) is 6.84. The highest BCUT2D eigenvalue weighted by Crippen LogP contribution is 2.36. The summed E-state index contributed by atoms with van der Waals surface area (Å²) in [5.74, 6) is 1.28. The molecular formula is C26H19BrN4OS. The van der Waals surface area contributed by atoms with Crippen LogP contribution in [-0.2, 0) is 0 Å². The summed E-state index contributed by atoms with van der Waals surface area (Å²) in [5.41, 5.74) is 11.8. The number of methoxy groups -OCH3 is 1. The van der Waals surface area contributed by atoms with E-state index < -0.39 is 0 Å². The van der Waals surface area contributed by atoms with E-state index in [9.17, 15) is 0 Å². The number of pyridine rings is 1. The van der Waals surface area contributed by atoms with Crippen molar-refractivity contribution in [3.8, 4) is 33.8 Å². The van der Waals surface area contributed by atoms with E-state index in [-0.39, 0.29) is 0 Å². The van der Waals surface area contributed by atoms with Gasteiger partial charge in [0, 0.05) is 15.7 Å². The summed E-state index contributed by atoms with van der Waals surface area (Å²) in [4.78, 5) is 9.53. The fraction of sp³-hybridized carbons (Fsp3) is 0.0385. The van der Waals surface area contributed by atoms with Crippen LogP contribution in [0.4, 0.5) is 5.82 Å². The molecule has 0 saturated carbocycles. The molecule has 2 heterocycles. The summed E-state index contributed by atoms with van der Waals surface area (Å²) in [7, 11) is 1.65. The van der Waals surface area contributed by atoms with Gasteiger partial charge in [-0.3, -0.25) is 4.57 Å². The molecule has 0 spiro atoms. The van der Waals surface area contributed by atoms with Crippen molar-refractivity contribution >= 4 is 45.0 Å². The van der Waals surface area contributed by atoms with Crippen LogP contribution < -0.4 is 10.5 Å². The number of nitrogens with two attached hydrogens (primary N) is 1. The van der Waals surface area contributed by atoms with Gasteiger partial charge >= 0.3 is 0 Å². The van der Waals surface area contributed by atoms with E-state index in [0.717, 1.165) is 43.7 Å². The van der Waals surface area contributed by atoms with Gasteiger partial charge in [0.15, 0.2) is 5.65 Å². The highest BCUT2D eigenvalue weighted by atomic mass is 79.9. The van der Waals surface area contributed by atoms with Gasteiger partial charge in [-0.05, 0) is 65.8 Å². The number of rotatable bonds is 4. The highest BCUT2D eigenvalue weighted by molar-refractivity contribution is 9.10. The molecule has 5 rings (SSSR count). The first-order chi connectivity index (χ1) is 16.0. The summed E-state index contributed by atoms with van der Waals surface area (Å²) < 4.78 is 8.48. The number of nitrogen functional groups attached to an aromatic ring is 1. The van der Waals surface area contributed by atoms with Crippen molar-refractivity contribution in [1.29, 1.82) is 0 Å². The Labute approximate surface area is 204 Å². The Kier molecular flexibility index (Phi) is 5.66. The highest BCUT2D eigenvalue weighted by Gasteiger charge is 2.17. The van der Waals surface area contributed by atoms with Crippen LogP contribution in [0, 0.1) is 4.77 Å². The number of hydrogen-bond donors (Lipinski definition) is 1. The monoisotopic (exact) mass is 514 g/mol. The topological polar surface area (TPSA) is 66.0 Å². The smallest absolute Gasteiger partial charge is 0.207 e. The molecule has 0 fully saturated rings. The van der Waals surface area contributed by atoms with Crippen LogP contribution in [0.1, 0.15) is 0 Å². The lowest BCUT2D eigenvalue weighted by atomic mass is 9.99. The van der Waals surface area contributed by atoms with Crippen LogP contribution in [0.15, 0.2) is 89.4 Å². The van der Waals surface area contributed by atoms with Gasteiger partial charge < -0.3 is 10.5 Å². The Bertz CT molecular complexity index is 1520. The second-order valence-corrected chi connectivity index (χ2v) is 8.72. The van der Waals surface area contributed by atoms with Crippen LogP contribution in [0.2, 0.25) is 0 Å². The molecule has 0 amide bonds. The maximum atomic E-state index is 6.74. The maximum absolute atomic E-state index is 6.74. The minimum atomic E-state index is 0.354. The van der Waals surface area contributed by atoms with Crippen LogP contribution >= 0.6 is 28.1 Å². The third kappa shape index (κ3) is 4.01. The molecule has 2 N–H and O–H groups in total. The summed E-state index contributed by atoms with van der Waals surface area (Å²) in [6, 6.07) is 27.7. The van der Waals surface area contributed by atoms with E-state index in [1.807, 2.05) is 84.9 Å². The summed E-state index contributed by atoms with van der Waals surface area (Å²) >= 11 is 9.12. The van der Waals surface area contributed by atoms with Crippen molar-refractivity contribution in [1.82, 2.24) is 14.5 Å². The molecule has 0 bridgehead atoms. The quantitative estimate of drug-likeness (QED) is 0.266. The molecule has 0 aliphatic carbocycles. The first-order valence-electron chi connectivity index (χ1n) is 10.2. The maximum Gasteiger partial charge on any atom is 0.207 e. The van der Waals surface area contributed by atoms with Crippen molar-refractivity contribution < 1.29 is 4.74 Å². The normalized spacial score (nSPS) is 11.0. The Morgan fingerprint density at radius 2 is 1.55 bits per heavy atom. The number of halogens is 1. The average Bonchev–Trinajstić information content (AvgIpc) is 2.84. The van der Waals surface area contributed by atoms with Gasteiger partial charge in [-0.2, -0.15) is 4.98 Å². The lowest BCUT2D eigenvalue weighted by molar-refractivity contribution is 0.415. The molecule has 0 atom stereocenters. The summed E-state index contributed by atoms with van der Waals surface area (Å²) in [6.45, 7) is 0. The molecular weight excluding hydrogens is 496 g/mol. The zero-order chi connectivity index (χ0) is 22.9. The number of fused-ring (bicyclic) bond motifs is 1. The van der Waals surface area contributed by atoms with Crippen LogP contribution in [0.25, 0.3) is 39.1 Å². The molecule has 5 aromatic rings. The molecule has 0 aliphatic heterocycles. The van der Waals surface area contributed by atoms with Crippen molar-refractivity contribution in [2.45, 2.75) is 0 Å². The molecule has 0 aliphatic rings. The Morgan fingerprint density at radius 1 is 0.879 bits per heavy atom. The zero-order valence-electron chi connectivity index (χ0n) is 17.7. The van der Waals surface area contributed by atoms with E-state index >= 15 is 0 Å². The molecule has 7 heteroatoms. The van der Waals surface area contributed by atoms with Crippen molar-refractivity contribution in [3.63, 3.8) is 0 Å². The van der Waals surface area contributed by atoms with Crippen molar-refractivity contribution in [2.24, 2.45) is 0 Å². The first-order valence-corrected chi connectivity index (χ1v) is 11.4. The van der Waals surface area contributed by atoms with Gasteiger partial charge in [-0.15, -0.1) is 0 Å². The van der Waals surface area contributed by atoms with E-state index in [4.69, 9.17) is 27.7 Å². The lowest BCUT2D eigenvalue weighted by Crippen LogP contribution is -2.09. The molecule has 0 unspecified atom stereocenters. The third-order valence-corrected chi connectivity index (χ3v) is 6.25. The molecule has 3 aromatic carbocycles. The number of ether oxygens (including phenoxy) is 1. The number of para-hydroxylation sites is 1. The van der Waals surface area contributed by atoms with Crippen molar-refractivity contribution in [2.75, 3.05) is 12.8 Å². The largest absolute Gasteiger partial charge is 0.497 e. The summed E-state index contributed by atoms with van der Waals surface area (Å²) in [5, 5.41) is 0.749. The second kappa shape index (κ2) is 8.77. The standard InChI is InChI=1S/C26H19BrN4OS/c1-32-20-13-9-16(10-14-20)21-15-22(17-7-11-18(27)12-8-17)29-25-23(21)24(28)31(26(33)30-25)19-5-3-2-4-6-19/h2-15H,28H2,1H3. The van der Waals surface area contributed by atoms with Crippen molar-refractivity contribution in [3.05, 3.63) is 94.2 Å². The number of anilines is 1. The second-order valence-electron chi connectivity index (χ2n) is 7.44. The van der Waals surface area contributed by atoms with Crippen LogP contribution in [-0.4, -0.2) is 21.6 Å². The molecule has 0 saturated heterocycles. The predicted molar refractivity (Wildman–Crippen MR) is 139 cm³/mol. The third-order valence-electron chi connectivity index (χ3n) is 5.45. The van der Waals surface area contributed by atoms with E-state index in [1.165, 1.54) is 0 Å². The van der Waals surface area contributed by atoms with Crippen LogP contribution in [0.3, 0.4) is 0 Å². The molecule has 0 radical (unpaired) electrons. The number of hydrogen-bond acceptors (Lipinski definition) is 5. The van der Waals surface area contributed by atoms with Gasteiger partial charge in [0.05, 0.1) is 18.2 Å². The fourth-order valence-corrected chi connectivity index (χ4v) is 4.37. The fourth-order valence-electron chi connectivity index (χ4n) is 3.81. The molecule has 2 aromatic heterocycles. The lowest BCUT2D eigenvalue weighted by Gasteiger charge is -2.16. The SMILES string of the molecule is COc1ccc(-c2cc(-c3ccc(Br)cc3)nc3nc(=S)n(-c4ccccc4)c(N)c23)cc1. The first kappa shape index (κ1) is 21.3. The van der Waals surface area contributed by atoms with E-state index in [1.54, 1.807) is 11.7 Å². The summed E-state index contributed by atoms with van der Waals surface area (Å²) in [6.07, 6.45) is 0.